The molecule has 1 aromatic heterocycles. The average Bonchev–Trinajstić information content (AvgIpc) is 2.57. The zero-order valence-electron chi connectivity index (χ0n) is 7.27. The molecule has 0 spiro atoms. The van der Waals surface area contributed by atoms with E-state index in [0.717, 1.165) is 6.61 Å². The van der Waals surface area contributed by atoms with E-state index in [4.69, 9.17) is 9.47 Å². The quantitative estimate of drug-likeness (QED) is 0.595. The molecule has 12 heavy (non-hydrogen) atoms. The molecule has 0 aliphatic rings. The molecule has 0 amide bonds. The summed E-state index contributed by atoms with van der Waals surface area (Å²) in [6.45, 7) is 4.55. The van der Waals surface area contributed by atoms with Crippen LogP contribution in [0.3, 0.4) is 0 Å². The van der Waals surface area contributed by atoms with E-state index in [1.807, 2.05) is 17.7 Å². The fraction of sp³-hybridized carbons (Fsp3) is 0.625. The Bertz CT molecular complexity index is 187. The van der Waals surface area contributed by atoms with E-state index in [9.17, 15) is 0 Å². The minimum absolute atomic E-state index is 0.549. The standard InChI is InChI=1S/C8H14N2O2/c1-2-11-5-6-12-8-10-4-3-9-7-10/h3-4,7H,2,5-6,8H2,1H3. The molecule has 68 valence electrons. The topological polar surface area (TPSA) is 36.3 Å². The first-order valence-corrected chi connectivity index (χ1v) is 4.04. The number of rotatable bonds is 6. The second-order valence-corrected chi connectivity index (χ2v) is 2.31. The Labute approximate surface area is 72.1 Å². The number of ether oxygens (including phenoxy) is 2. The lowest BCUT2D eigenvalue weighted by molar-refractivity contribution is 0.0222. The highest BCUT2D eigenvalue weighted by Gasteiger charge is 1.89. The Morgan fingerprint density at radius 2 is 2.17 bits per heavy atom. The molecule has 0 atom stereocenters. The molecule has 0 bridgehead atoms. The van der Waals surface area contributed by atoms with Gasteiger partial charge in [-0.05, 0) is 6.92 Å². The van der Waals surface area contributed by atoms with Crippen molar-refractivity contribution in [3.8, 4) is 0 Å². The van der Waals surface area contributed by atoms with Crippen LogP contribution < -0.4 is 0 Å². The summed E-state index contributed by atoms with van der Waals surface area (Å²) in [7, 11) is 0. The van der Waals surface area contributed by atoms with Gasteiger partial charge in [0.25, 0.3) is 0 Å². The number of imidazole rings is 1. The first-order valence-electron chi connectivity index (χ1n) is 4.04. The molecule has 4 heteroatoms. The minimum Gasteiger partial charge on any atom is -0.379 e. The van der Waals surface area contributed by atoms with Gasteiger partial charge in [-0.2, -0.15) is 0 Å². The Kier molecular flexibility index (Phi) is 4.41. The van der Waals surface area contributed by atoms with Crippen molar-refractivity contribution in [2.75, 3.05) is 19.8 Å². The van der Waals surface area contributed by atoms with Crippen LogP contribution in [0.1, 0.15) is 6.92 Å². The largest absolute Gasteiger partial charge is 0.379 e. The fourth-order valence-electron chi connectivity index (χ4n) is 0.795. The van der Waals surface area contributed by atoms with Crippen molar-refractivity contribution >= 4 is 0 Å². The first-order chi connectivity index (χ1) is 5.93. The van der Waals surface area contributed by atoms with Crippen LogP contribution in [0.5, 0.6) is 0 Å². The normalized spacial score (nSPS) is 10.4. The fourth-order valence-corrected chi connectivity index (χ4v) is 0.795. The third-order valence-corrected chi connectivity index (χ3v) is 1.38. The van der Waals surface area contributed by atoms with Crippen molar-refractivity contribution < 1.29 is 9.47 Å². The van der Waals surface area contributed by atoms with Gasteiger partial charge in [0.05, 0.1) is 19.5 Å². The van der Waals surface area contributed by atoms with Gasteiger partial charge in [0, 0.05) is 19.0 Å². The molecule has 0 aliphatic carbocycles. The molecule has 0 saturated heterocycles. The number of hydrogen-bond acceptors (Lipinski definition) is 3. The molecule has 0 fully saturated rings. The number of hydrogen-bond donors (Lipinski definition) is 0. The van der Waals surface area contributed by atoms with Crippen molar-refractivity contribution in [1.82, 2.24) is 9.55 Å². The maximum atomic E-state index is 5.28. The Balaban J connectivity index is 1.96. The molecule has 1 rings (SSSR count). The highest BCUT2D eigenvalue weighted by Crippen LogP contribution is 1.87. The zero-order valence-corrected chi connectivity index (χ0v) is 7.27. The maximum absolute atomic E-state index is 5.28. The predicted octanol–water partition coefficient (Wildman–Crippen LogP) is 0.894. The van der Waals surface area contributed by atoms with Gasteiger partial charge in [-0.15, -0.1) is 0 Å². The molecule has 1 aromatic rings. The first kappa shape index (κ1) is 9.22. The lowest BCUT2D eigenvalue weighted by Gasteiger charge is -2.04. The zero-order chi connectivity index (χ0) is 8.65. The summed E-state index contributed by atoms with van der Waals surface area (Å²) >= 11 is 0. The van der Waals surface area contributed by atoms with E-state index >= 15 is 0 Å². The third kappa shape index (κ3) is 3.50. The molecular formula is C8H14N2O2. The highest BCUT2D eigenvalue weighted by molar-refractivity contribution is 4.71. The summed E-state index contributed by atoms with van der Waals surface area (Å²) in [6, 6.07) is 0. The van der Waals surface area contributed by atoms with Gasteiger partial charge in [0.15, 0.2) is 0 Å². The smallest absolute Gasteiger partial charge is 0.123 e. The van der Waals surface area contributed by atoms with Gasteiger partial charge in [0.1, 0.15) is 6.73 Å². The van der Waals surface area contributed by atoms with Crippen molar-refractivity contribution in [1.29, 1.82) is 0 Å². The summed E-state index contributed by atoms with van der Waals surface area (Å²) in [5.74, 6) is 0. The molecule has 0 aromatic carbocycles. The van der Waals surface area contributed by atoms with Crippen LogP contribution in [0.15, 0.2) is 18.7 Å². The van der Waals surface area contributed by atoms with Crippen LogP contribution in [0.4, 0.5) is 0 Å². The molecule has 0 unspecified atom stereocenters. The van der Waals surface area contributed by atoms with E-state index < -0.39 is 0 Å². The third-order valence-electron chi connectivity index (χ3n) is 1.38. The van der Waals surface area contributed by atoms with E-state index in [1.165, 1.54) is 0 Å². The lowest BCUT2D eigenvalue weighted by Crippen LogP contribution is -2.06. The van der Waals surface area contributed by atoms with Crippen LogP contribution in [0, 0.1) is 0 Å². The van der Waals surface area contributed by atoms with Crippen molar-refractivity contribution in [2.24, 2.45) is 0 Å². The van der Waals surface area contributed by atoms with Gasteiger partial charge >= 0.3 is 0 Å². The minimum atomic E-state index is 0.549. The molecular weight excluding hydrogens is 156 g/mol. The summed E-state index contributed by atoms with van der Waals surface area (Å²) in [5.41, 5.74) is 0. The molecule has 0 radical (unpaired) electrons. The van der Waals surface area contributed by atoms with Crippen LogP contribution in [0.2, 0.25) is 0 Å². The second kappa shape index (κ2) is 5.74. The lowest BCUT2D eigenvalue weighted by atomic mass is 10.7. The van der Waals surface area contributed by atoms with Crippen LogP contribution >= 0.6 is 0 Å². The SMILES string of the molecule is CCOCCOCn1ccnc1. The monoisotopic (exact) mass is 170 g/mol. The highest BCUT2D eigenvalue weighted by atomic mass is 16.5. The second-order valence-electron chi connectivity index (χ2n) is 2.31. The molecule has 0 N–H and O–H groups in total. The van der Waals surface area contributed by atoms with E-state index in [-0.39, 0.29) is 0 Å². The van der Waals surface area contributed by atoms with E-state index in [2.05, 4.69) is 4.98 Å². The van der Waals surface area contributed by atoms with Crippen LogP contribution in [0.25, 0.3) is 0 Å². The number of aromatic nitrogens is 2. The van der Waals surface area contributed by atoms with Crippen molar-refractivity contribution in [3.63, 3.8) is 0 Å². The average molecular weight is 170 g/mol. The number of nitrogens with zero attached hydrogens (tertiary/aromatic N) is 2. The molecule has 0 aliphatic heterocycles. The summed E-state index contributed by atoms with van der Waals surface area (Å²) in [6.07, 6.45) is 5.31. The molecule has 1 heterocycles. The summed E-state index contributed by atoms with van der Waals surface area (Å²) in [4.78, 5) is 3.89. The maximum Gasteiger partial charge on any atom is 0.123 e. The van der Waals surface area contributed by atoms with Gasteiger partial charge in [-0.25, -0.2) is 4.98 Å². The van der Waals surface area contributed by atoms with Gasteiger partial charge in [-0.1, -0.05) is 0 Å². The Hall–Kier alpha value is -0.870. The van der Waals surface area contributed by atoms with Crippen molar-refractivity contribution in [2.45, 2.75) is 13.7 Å². The van der Waals surface area contributed by atoms with E-state index in [1.54, 1.807) is 12.5 Å². The summed E-state index contributed by atoms with van der Waals surface area (Å²) < 4.78 is 12.2. The molecule has 4 nitrogen and oxygen atoms in total. The molecule has 0 saturated carbocycles. The van der Waals surface area contributed by atoms with Crippen molar-refractivity contribution in [3.05, 3.63) is 18.7 Å². The van der Waals surface area contributed by atoms with E-state index in [0.29, 0.717) is 19.9 Å². The van der Waals surface area contributed by atoms with Gasteiger partial charge in [-0.3, -0.25) is 0 Å². The Morgan fingerprint density at radius 3 is 2.83 bits per heavy atom. The predicted molar refractivity (Wildman–Crippen MR) is 44.7 cm³/mol. The van der Waals surface area contributed by atoms with Gasteiger partial charge in [0.2, 0.25) is 0 Å². The summed E-state index contributed by atoms with van der Waals surface area (Å²) in [5, 5.41) is 0. The van der Waals surface area contributed by atoms with Crippen LogP contribution in [-0.2, 0) is 16.2 Å². The van der Waals surface area contributed by atoms with Gasteiger partial charge < -0.3 is 14.0 Å². The Morgan fingerprint density at radius 1 is 1.33 bits per heavy atom. The van der Waals surface area contributed by atoms with Crippen LogP contribution in [-0.4, -0.2) is 29.4 Å².